The van der Waals surface area contributed by atoms with Crippen molar-refractivity contribution >= 4 is 10.9 Å². The van der Waals surface area contributed by atoms with Crippen molar-refractivity contribution in [2.24, 2.45) is 0 Å². The van der Waals surface area contributed by atoms with Gasteiger partial charge in [0.1, 0.15) is 0 Å². The molecule has 2 aromatic carbocycles. The molecule has 1 aromatic heterocycles. The first-order valence-electron chi connectivity index (χ1n) is 10.2. The molecule has 0 aliphatic carbocycles. The van der Waals surface area contributed by atoms with Gasteiger partial charge in [-0.15, -0.1) is 0 Å². The van der Waals surface area contributed by atoms with Crippen LogP contribution in [-0.4, -0.2) is 52.2 Å². The van der Waals surface area contributed by atoms with E-state index >= 15 is 0 Å². The lowest BCUT2D eigenvalue weighted by atomic mass is 10.0. The number of para-hydroxylation sites is 1. The predicted octanol–water partition coefficient (Wildman–Crippen LogP) is 3.61. The molecule has 1 saturated heterocycles. The van der Waals surface area contributed by atoms with Crippen LogP contribution >= 0.6 is 0 Å². The highest BCUT2D eigenvalue weighted by atomic mass is 16.3. The van der Waals surface area contributed by atoms with Crippen LogP contribution in [0.2, 0.25) is 0 Å². The molecule has 0 saturated carbocycles. The van der Waals surface area contributed by atoms with Gasteiger partial charge in [0, 0.05) is 57.0 Å². The molecule has 0 bridgehead atoms. The summed E-state index contributed by atoms with van der Waals surface area (Å²) < 4.78 is 0. The minimum atomic E-state index is 0.235. The molecule has 0 radical (unpaired) electrons. The van der Waals surface area contributed by atoms with Crippen molar-refractivity contribution in [3.63, 3.8) is 0 Å². The lowest BCUT2D eigenvalue weighted by molar-refractivity contribution is 0.0500. The second kappa shape index (κ2) is 8.82. The zero-order chi connectivity index (χ0) is 19.3. The highest BCUT2D eigenvalue weighted by Crippen LogP contribution is 2.22. The summed E-state index contributed by atoms with van der Waals surface area (Å²) in [5.41, 5.74) is 5.12. The van der Waals surface area contributed by atoms with Crippen LogP contribution in [0.15, 0.2) is 60.8 Å². The highest BCUT2D eigenvalue weighted by Gasteiger charge is 2.27. The molecule has 2 heterocycles. The first-order valence-corrected chi connectivity index (χ1v) is 10.2. The third kappa shape index (κ3) is 4.25. The van der Waals surface area contributed by atoms with Crippen molar-refractivity contribution in [1.82, 2.24) is 14.8 Å². The lowest BCUT2D eigenvalue weighted by Gasteiger charge is -2.41. The van der Waals surface area contributed by atoms with Gasteiger partial charge in [0.25, 0.3) is 0 Å². The highest BCUT2D eigenvalue weighted by molar-refractivity contribution is 5.81. The van der Waals surface area contributed by atoms with E-state index in [9.17, 15) is 5.11 Å². The number of aliphatic hydroxyl groups excluding tert-OH is 1. The van der Waals surface area contributed by atoms with Crippen LogP contribution in [0.25, 0.3) is 10.9 Å². The number of nitrogens with zero attached hydrogens (tertiary/aromatic N) is 3. The molecule has 4 nitrogen and oxygen atoms in total. The van der Waals surface area contributed by atoms with Gasteiger partial charge in [-0.25, -0.2) is 0 Å². The summed E-state index contributed by atoms with van der Waals surface area (Å²) in [6.07, 6.45) is 2.69. The predicted molar refractivity (Wildman–Crippen MR) is 114 cm³/mol. The smallest absolute Gasteiger partial charge is 0.0746 e. The zero-order valence-electron chi connectivity index (χ0n) is 16.6. The van der Waals surface area contributed by atoms with Crippen molar-refractivity contribution in [2.75, 3.05) is 26.2 Å². The topological polar surface area (TPSA) is 39.6 Å². The molecule has 1 N–H and O–H groups in total. The Kier molecular flexibility index (Phi) is 6.01. The number of benzene rings is 2. The van der Waals surface area contributed by atoms with E-state index in [0.29, 0.717) is 6.04 Å². The van der Waals surface area contributed by atoms with E-state index in [0.717, 1.165) is 44.7 Å². The number of pyridine rings is 1. The third-order valence-corrected chi connectivity index (χ3v) is 5.90. The number of aryl methyl sites for hydroxylation is 1. The second-order valence-electron chi connectivity index (χ2n) is 7.79. The Morgan fingerprint density at radius 1 is 0.964 bits per heavy atom. The molecule has 28 heavy (non-hydrogen) atoms. The monoisotopic (exact) mass is 375 g/mol. The van der Waals surface area contributed by atoms with Crippen molar-refractivity contribution in [3.05, 3.63) is 77.5 Å². The van der Waals surface area contributed by atoms with Gasteiger partial charge in [0.2, 0.25) is 0 Å². The molecule has 146 valence electrons. The number of aromatic nitrogens is 1. The average Bonchev–Trinajstić information content (AvgIpc) is 2.72. The second-order valence-corrected chi connectivity index (χ2v) is 7.79. The summed E-state index contributed by atoms with van der Waals surface area (Å²) in [5, 5.41) is 10.8. The van der Waals surface area contributed by atoms with Crippen LogP contribution in [0.1, 0.15) is 23.1 Å². The summed E-state index contributed by atoms with van der Waals surface area (Å²) in [5.74, 6) is 0. The molecule has 0 unspecified atom stereocenters. The van der Waals surface area contributed by atoms with E-state index < -0.39 is 0 Å². The van der Waals surface area contributed by atoms with E-state index in [-0.39, 0.29) is 6.61 Å². The molecule has 1 fully saturated rings. The van der Waals surface area contributed by atoms with Gasteiger partial charge < -0.3 is 5.11 Å². The summed E-state index contributed by atoms with van der Waals surface area (Å²) in [7, 11) is 0. The van der Waals surface area contributed by atoms with Gasteiger partial charge in [-0.2, -0.15) is 0 Å². The molecule has 4 heteroatoms. The Hall–Kier alpha value is -2.27. The van der Waals surface area contributed by atoms with E-state index in [1.54, 1.807) is 0 Å². The minimum Gasteiger partial charge on any atom is -0.396 e. The van der Waals surface area contributed by atoms with E-state index in [1.807, 2.05) is 12.3 Å². The average molecular weight is 376 g/mol. The zero-order valence-corrected chi connectivity index (χ0v) is 16.6. The molecule has 3 aromatic rings. The summed E-state index contributed by atoms with van der Waals surface area (Å²) in [4.78, 5) is 9.66. The summed E-state index contributed by atoms with van der Waals surface area (Å²) in [6.45, 7) is 7.33. The van der Waals surface area contributed by atoms with Gasteiger partial charge in [-0.05, 0) is 36.1 Å². The molecular weight excluding hydrogens is 346 g/mol. The summed E-state index contributed by atoms with van der Waals surface area (Å²) in [6, 6.07) is 19.6. The molecular formula is C24H29N3O. The van der Waals surface area contributed by atoms with Gasteiger partial charge >= 0.3 is 0 Å². The summed E-state index contributed by atoms with van der Waals surface area (Å²) >= 11 is 0. The van der Waals surface area contributed by atoms with E-state index in [1.165, 1.54) is 22.1 Å². The third-order valence-electron chi connectivity index (χ3n) is 5.90. The van der Waals surface area contributed by atoms with Crippen LogP contribution in [-0.2, 0) is 13.1 Å². The Morgan fingerprint density at radius 2 is 1.79 bits per heavy atom. The Balaban J connectivity index is 1.47. The van der Waals surface area contributed by atoms with E-state index in [2.05, 4.69) is 70.2 Å². The fourth-order valence-electron chi connectivity index (χ4n) is 4.27. The fraction of sp³-hybridized carbons (Fsp3) is 0.375. The number of hydrogen-bond donors (Lipinski definition) is 1. The molecule has 0 amide bonds. The largest absolute Gasteiger partial charge is 0.396 e. The normalized spacial score (nSPS) is 18.6. The van der Waals surface area contributed by atoms with Gasteiger partial charge in [-0.3, -0.25) is 14.8 Å². The standard InChI is InChI=1S/C24H29N3O/c1-19-6-2-3-7-21(19)17-27-14-13-26(18-23(27)11-15-28)16-22-9-4-8-20-10-5-12-25-24(20)22/h2-10,12,23,28H,11,13-18H2,1H3/t23-/m0/s1. The maximum atomic E-state index is 9.62. The molecule has 4 rings (SSSR count). The fourth-order valence-corrected chi connectivity index (χ4v) is 4.27. The van der Waals surface area contributed by atoms with E-state index in [4.69, 9.17) is 0 Å². The number of hydrogen-bond acceptors (Lipinski definition) is 4. The van der Waals surface area contributed by atoms with Crippen molar-refractivity contribution in [2.45, 2.75) is 32.5 Å². The maximum Gasteiger partial charge on any atom is 0.0746 e. The Morgan fingerprint density at radius 3 is 2.64 bits per heavy atom. The van der Waals surface area contributed by atoms with Gasteiger partial charge in [0.15, 0.2) is 0 Å². The molecule has 1 atom stereocenters. The van der Waals surface area contributed by atoms with Gasteiger partial charge in [-0.1, -0.05) is 48.5 Å². The van der Waals surface area contributed by atoms with Crippen LogP contribution < -0.4 is 0 Å². The van der Waals surface area contributed by atoms with Crippen molar-refractivity contribution in [3.8, 4) is 0 Å². The number of aliphatic hydroxyl groups is 1. The SMILES string of the molecule is Cc1ccccc1CN1CCN(Cc2cccc3cccnc23)C[C@@H]1CCO. The molecule has 0 spiro atoms. The first kappa shape index (κ1) is 19.1. The number of piperazine rings is 1. The van der Waals surface area contributed by atoms with Crippen LogP contribution in [0.3, 0.4) is 0 Å². The Labute approximate surface area is 167 Å². The quantitative estimate of drug-likeness (QED) is 0.714. The lowest BCUT2D eigenvalue weighted by Crippen LogP contribution is -2.52. The molecule has 1 aliphatic heterocycles. The van der Waals surface area contributed by atoms with Crippen molar-refractivity contribution in [1.29, 1.82) is 0 Å². The van der Waals surface area contributed by atoms with Gasteiger partial charge in [0.05, 0.1) is 5.52 Å². The van der Waals surface area contributed by atoms with Crippen molar-refractivity contribution < 1.29 is 5.11 Å². The number of rotatable bonds is 6. The van der Waals surface area contributed by atoms with Crippen LogP contribution in [0.4, 0.5) is 0 Å². The minimum absolute atomic E-state index is 0.235. The maximum absolute atomic E-state index is 9.62. The van der Waals surface area contributed by atoms with Crippen LogP contribution in [0, 0.1) is 6.92 Å². The molecule has 1 aliphatic rings. The number of fused-ring (bicyclic) bond motifs is 1. The Bertz CT molecular complexity index is 921. The first-order chi connectivity index (χ1) is 13.7. The van der Waals surface area contributed by atoms with Crippen LogP contribution in [0.5, 0.6) is 0 Å².